The van der Waals surface area contributed by atoms with Crippen LogP contribution in [-0.2, 0) is 4.79 Å². The molecule has 0 aromatic carbocycles. The van der Waals surface area contributed by atoms with Gasteiger partial charge in [0.25, 0.3) is 5.91 Å². The highest BCUT2D eigenvalue weighted by Gasteiger charge is 2.29. The van der Waals surface area contributed by atoms with Crippen molar-refractivity contribution in [2.45, 2.75) is 38.5 Å². The van der Waals surface area contributed by atoms with Crippen molar-refractivity contribution < 1.29 is 14.3 Å². The molecule has 0 radical (unpaired) electrons. The smallest absolute Gasteiger partial charge is 0.252 e. The maximum atomic E-state index is 12.5. The van der Waals surface area contributed by atoms with Gasteiger partial charge >= 0.3 is 0 Å². The Bertz CT molecular complexity index is 691. The van der Waals surface area contributed by atoms with Gasteiger partial charge in [0.15, 0.2) is 0 Å². The lowest BCUT2D eigenvalue weighted by Gasteiger charge is -2.36. The van der Waals surface area contributed by atoms with Gasteiger partial charge in [-0.25, -0.2) is 4.98 Å². The van der Waals surface area contributed by atoms with E-state index in [2.05, 4.69) is 15.2 Å². The molecular weight excluding hydrogens is 368 g/mol. The number of aromatic nitrogens is 1. The average molecular weight is 401 g/mol. The highest BCUT2D eigenvalue weighted by molar-refractivity contribution is 5.93. The predicted molar refractivity (Wildman–Crippen MR) is 110 cm³/mol. The van der Waals surface area contributed by atoms with Crippen LogP contribution in [0.4, 0.5) is 0 Å². The molecule has 1 saturated heterocycles. The molecule has 1 aromatic rings. The highest BCUT2D eigenvalue weighted by atomic mass is 16.5. The molecule has 3 fully saturated rings. The molecule has 0 atom stereocenters. The Morgan fingerprint density at radius 2 is 1.83 bits per heavy atom. The lowest BCUT2D eigenvalue weighted by Crippen LogP contribution is -2.51. The summed E-state index contributed by atoms with van der Waals surface area (Å²) in [6.07, 6.45) is 8.58. The van der Waals surface area contributed by atoms with Crippen LogP contribution in [0.2, 0.25) is 0 Å². The Balaban J connectivity index is 1.13. The summed E-state index contributed by atoms with van der Waals surface area (Å²) in [5.74, 6) is 1.77. The molecule has 0 bridgehead atoms. The molecule has 0 spiro atoms. The van der Waals surface area contributed by atoms with Gasteiger partial charge in [-0.1, -0.05) is 12.8 Å². The molecule has 2 aliphatic carbocycles. The minimum absolute atomic E-state index is 0.110. The Kier molecular flexibility index (Phi) is 6.64. The Hall–Kier alpha value is -2.15. The number of nitrogens with zero attached hydrogens (tertiary/aromatic N) is 3. The third-order valence-electron chi connectivity index (χ3n) is 6.26. The van der Waals surface area contributed by atoms with Gasteiger partial charge in [-0.3, -0.25) is 14.5 Å². The van der Waals surface area contributed by atoms with Crippen LogP contribution < -0.4 is 10.1 Å². The number of piperazine rings is 1. The monoisotopic (exact) mass is 400 g/mol. The van der Waals surface area contributed by atoms with Gasteiger partial charge in [0, 0.05) is 57.4 Å². The van der Waals surface area contributed by atoms with Gasteiger partial charge in [-0.05, 0) is 37.7 Å². The summed E-state index contributed by atoms with van der Waals surface area (Å²) in [6.45, 7) is 5.47. The summed E-state index contributed by atoms with van der Waals surface area (Å²) in [4.78, 5) is 33.4. The van der Waals surface area contributed by atoms with Crippen molar-refractivity contribution in [1.82, 2.24) is 20.1 Å². The van der Waals surface area contributed by atoms with E-state index in [1.165, 1.54) is 25.7 Å². The van der Waals surface area contributed by atoms with Gasteiger partial charge in [0.1, 0.15) is 0 Å². The summed E-state index contributed by atoms with van der Waals surface area (Å²) in [7, 11) is 0. The molecule has 29 heavy (non-hydrogen) atoms. The van der Waals surface area contributed by atoms with E-state index in [0.717, 1.165) is 52.2 Å². The number of rotatable bonds is 8. The van der Waals surface area contributed by atoms with E-state index in [0.29, 0.717) is 29.8 Å². The number of hydrogen-bond donors (Lipinski definition) is 1. The molecule has 2 heterocycles. The first-order valence-corrected chi connectivity index (χ1v) is 11.1. The molecule has 1 N–H and O–H groups in total. The lowest BCUT2D eigenvalue weighted by molar-refractivity contribution is -0.137. The van der Waals surface area contributed by atoms with Crippen molar-refractivity contribution >= 4 is 11.8 Å². The fourth-order valence-corrected chi connectivity index (χ4v) is 4.14. The zero-order valence-corrected chi connectivity index (χ0v) is 17.1. The summed E-state index contributed by atoms with van der Waals surface area (Å²) in [5, 5.41) is 2.96. The standard InChI is InChI=1S/C22H32N4O3/c27-21(19-7-8-20(24-15-19)29-16-17-5-6-17)23-9-10-25-11-13-26(14-12-25)22(28)18-3-1-2-4-18/h7-8,15,17-18H,1-6,9-14,16H2,(H,23,27). The Morgan fingerprint density at radius 3 is 2.48 bits per heavy atom. The van der Waals surface area contributed by atoms with Crippen LogP contribution in [0.1, 0.15) is 48.9 Å². The quantitative estimate of drug-likeness (QED) is 0.722. The zero-order valence-electron chi connectivity index (χ0n) is 17.1. The van der Waals surface area contributed by atoms with E-state index >= 15 is 0 Å². The van der Waals surface area contributed by atoms with Crippen LogP contribution in [-0.4, -0.2) is 72.5 Å². The molecule has 7 nitrogen and oxygen atoms in total. The Labute approximate surface area is 172 Å². The maximum absolute atomic E-state index is 12.5. The van der Waals surface area contributed by atoms with Crippen LogP contribution >= 0.6 is 0 Å². The van der Waals surface area contributed by atoms with Gasteiger partial charge in [0.2, 0.25) is 11.8 Å². The Morgan fingerprint density at radius 1 is 1.07 bits per heavy atom. The molecular formula is C22H32N4O3. The van der Waals surface area contributed by atoms with Gasteiger partial charge in [-0.15, -0.1) is 0 Å². The van der Waals surface area contributed by atoms with E-state index in [4.69, 9.17) is 4.74 Å². The van der Waals surface area contributed by atoms with Crippen molar-refractivity contribution in [3.63, 3.8) is 0 Å². The van der Waals surface area contributed by atoms with Crippen LogP contribution in [0.3, 0.4) is 0 Å². The van der Waals surface area contributed by atoms with Crippen LogP contribution in [0.15, 0.2) is 18.3 Å². The first-order chi connectivity index (χ1) is 14.2. The molecule has 4 rings (SSSR count). The summed E-state index contributed by atoms with van der Waals surface area (Å²) in [6, 6.07) is 3.52. The third-order valence-corrected chi connectivity index (χ3v) is 6.26. The van der Waals surface area contributed by atoms with E-state index in [9.17, 15) is 9.59 Å². The predicted octanol–water partition coefficient (Wildman–Crippen LogP) is 1.93. The third kappa shape index (κ3) is 5.69. The van der Waals surface area contributed by atoms with Crippen molar-refractivity contribution in [2.24, 2.45) is 11.8 Å². The zero-order chi connectivity index (χ0) is 20.1. The fourth-order valence-electron chi connectivity index (χ4n) is 4.14. The molecule has 0 unspecified atom stereocenters. The second-order valence-corrected chi connectivity index (χ2v) is 8.54. The minimum Gasteiger partial charge on any atom is -0.477 e. The van der Waals surface area contributed by atoms with Crippen molar-refractivity contribution in [3.8, 4) is 5.88 Å². The fraction of sp³-hybridized carbons (Fsp3) is 0.682. The molecule has 1 aromatic heterocycles. The van der Waals surface area contributed by atoms with E-state index in [1.807, 2.05) is 4.90 Å². The second kappa shape index (κ2) is 9.57. The van der Waals surface area contributed by atoms with E-state index < -0.39 is 0 Å². The van der Waals surface area contributed by atoms with Crippen LogP contribution in [0.25, 0.3) is 0 Å². The van der Waals surface area contributed by atoms with Crippen LogP contribution in [0.5, 0.6) is 5.88 Å². The number of amides is 2. The minimum atomic E-state index is -0.110. The summed E-state index contributed by atoms with van der Waals surface area (Å²) < 4.78 is 5.61. The first kappa shape index (κ1) is 20.1. The molecule has 2 saturated carbocycles. The van der Waals surface area contributed by atoms with Gasteiger partial charge in [-0.2, -0.15) is 0 Å². The van der Waals surface area contributed by atoms with E-state index in [-0.39, 0.29) is 11.8 Å². The van der Waals surface area contributed by atoms with Crippen molar-refractivity contribution in [2.75, 3.05) is 45.9 Å². The average Bonchev–Trinajstić information content (AvgIpc) is 3.43. The van der Waals surface area contributed by atoms with Crippen LogP contribution in [0, 0.1) is 11.8 Å². The molecule has 1 aliphatic heterocycles. The van der Waals surface area contributed by atoms with E-state index in [1.54, 1.807) is 18.3 Å². The number of carbonyl (C=O) groups is 2. The van der Waals surface area contributed by atoms with Gasteiger partial charge < -0.3 is 15.0 Å². The number of nitrogens with one attached hydrogen (secondary N) is 1. The SMILES string of the molecule is O=C(NCCN1CCN(C(=O)C2CCCC2)CC1)c1ccc(OCC2CC2)nc1. The number of carbonyl (C=O) groups excluding carboxylic acids is 2. The largest absolute Gasteiger partial charge is 0.477 e. The molecule has 2 amide bonds. The highest BCUT2D eigenvalue weighted by Crippen LogP contribution is 2.29. The molecule has 3 aliphatic rings. The van der Waals surface area contributed by atoms with Gasteiger partial charge in [0.05, 0.1) is 12.2 Å². The second-order valence-electron chi connectivity index (χ2n) is 8.54. The number of pyridine rings is 1. The topological polar surface area (TPSA) is 74.8 Å². The molecule has 7 heteroatoms. The molecule has 158 valence electrons. The maximum Gasteiger partial charge on any atom is 0.252 e. The number of ether oxygens (including phenoxy) is 1. The van der Waals surface area contributed by atoms with Crippen molar-refractivity contribution in [3.05, 3.63) is 23.9 Å². The summed E-state index contributed by atoms with van der Waals surface area (Å²) in [5.41, 5.74) is 0.552. The van der Waals surface area contributed by atoms with Crippen molar-refractivity contribution in [1.29, 1.82) is 0 Å². The number of hydrogen-bond acceptors (Lipinski definition) is 5. The normalized spacial score (nSPS) is 20.6. The first-order valence-electron chi connectivity index (χ1n) is 11.1. The summed E-state index contributed by atoms with van der Waals surface area (Å²) >= 11 is 0. The lowest BCUT2D eigenvalue weighted by atomic mass is 10.1.